The van der Waals surface area contributed by atoms with Crippen molar-refractivity contribution in [1.82, 2.24) is 15.3 Å². The van der Waals surface area contributed by atoms with Crippen molar-refractivity contribution in [3.05, 3.63) is 91.2 Å². The van der Waals surface area contributed by atoms with Gasteiger partial charge in [0.25, 0.3) is 0 Å². The molecule has 0 spiro atoms. The van der Waals surface area contributed by atoms with E-state index in [9.17, 15) is 9.18 Å². The zero-order valence-electron chi connectivity index (χ0n) is 15.1. The largest absolute Gasteiger partial charge is 0.436 e. The SMILES string of the molecule is C=CCNC(=O)N(Cc1cccnc1)c1ccc(Oc2ccccc2F)nc1. The number of aromatic nitrogens is 2. The number of carbonyl (C=O) groups is 1. The maximum atomic E-state index is 13.7. The summed E-state index contributed by atoms with van der Waals surface area (Å²) in [5.74, 6) is -0.171. The Morgan fingerprint density at radius 1 is 1.18 bits per heavy atom. The average molecular weight is 378 g/mol. The van der Waals surface area contributed by atoms with Gasteiger partial charge in [0.15, 0.2) is 11.6 Å². The van der Waals surface area contributed by atoms with Crippen molar-refractivity contribution in [1.29, 1.82) is 0 Å². The van der Waals surface area contributed by atoms with E-state index in [-0.39, 0.29) is 17.7 Å². The topological polar surface area (TPSA) is 67.4 Å². The molecular weight excluding hydrogens is 359 g/mol. The lowest BCUT2D eigenvalue weighted by Crippen LogP contribution is -2.39. The van der Waals surface area contributed by atoms with Crippen molar-refractivity contribution < 1.29 is 13.9 Å². The smallest absolute Gasteiger partial charge is 0.322 e. The van der Waals surface area contributed by atoms with Gasteiger partial charge in [0.2, 0.25) is 5.88 Å². The van der Waals surface area contributed by atoms with Gasteiger partial charge in [-0.2, -0.15) is 0 Å². The first-order valence-electron chi connectivity index (χ1n) is 8.61. The van der Waals surface area contributed by atoms with Gasteiger partial charge < -0.3 is 10.1 Å². The molecule has 142 valence electrons. The van der Waals surface area contributed by atoms with E-state index in [0.29, 0.717) is 18.8 Å². The minimum absolute atomic E-state index is 0.0821. The molecule has 0 unspecified atom stereocenters. The summed E-state index contributed by atoms with van der Waals surface area (Å²) in [6.45, 7) is 4.25. The van der Waals surface area contributed by atoms with Crippen LogP contribution in [0, 0.1) is 5.82 Å². The van der Waals surface area contributed by atoms with Crippen LogP contribution in [0.1, 0.15) is 5.56 Å². The molecule has 2 amide bonds. The number of benzene rings is 1. The lowest BCUT2D eigenvalue weighted by molar-refractivity contribution is 0.247. The molecule has 6 nitrogen and oxygen atoms in total. The van der Waals surface area contributed by atoms with Crippen LogP contribution in [-0.2, 0) is 6.54 Å². The Bertz CT molecular complexity index is 933. The van der Waals surface area contributed by atoms with Crippen molar-refractivity contribution in [3.8, 4) is 11.6 Å². The van der Waals surface area contributed by atoms with Gasteiger partial charge in [0.1, 0.15) is 0 Å². The summed E-state index contributed by atoms with van der Waals surface area (Å²) >= 11 is 0. The van der Waals surface area contributed by atoms with Crippen molar-refractivity contribution in [3.63, 3.8) is 0 Å². The van der Waals surface area contributed by atoms with E-state index in [1.807, 2.05) is 6.07 Å². The van der Waals surface area contributed by atoms with E-state index in [4.69, 9.17) is 4.74 Å². The Labute approximate surface area is 162 Å². The van der Waals surface area contributed by atoms with Gasteiger partial charge in [-0.1, -0.05) is 24.3 Å². The first-order valence-corrected chi connectivity index (χ1v) is 8.61. The fourth-order valence-corrected chi connectivity index (χ4v) is 2.44. The van der Waals surface area contributed by atoms with Gasteiger partial charge in [-0.25, -0.2) is 14.2 Å². The van der Waals surface area contributed by atoms with Gasteiger partial charge in [-0.05, 0) is 29.8 Å². The summed E-state index contributed by atoms with van der Waals surface area (Å²) in [7, 11) is 0. The molecule has 3 aromatic rings. The van der Waals surface area contributed by atoms with Crippen molar-refractivity contribution in [2.75, 3.05) is 11.4 Å². The highest BCUT2D eigenvalue weighted by molar-refractivity contribution is 5.91. The summed E-state index contributed by atoms with van der Waals surface area (Å²) in [4.78, 5) is 22.4. The predicted molar refractivity (Wildman–Crippen MR) is 105 cm³/mol. The molecule has 2 heterocycles. The Morgan fingerprint density at radius 3 is 2.71 bits per heavy atom. The lowest BCUT2D eigenvalue weighted by Gasteiger charge is -2.23. The summed E-state index contributed by atoms with van der Waals surface area (Å²) in [5, 5.41) is 2.75. The first kappa shape index (κ1) is 19.0. The second kappa shape index (κ2) is 9.27. The molecule has 0 saturated heterocycles. The van der Waals surface area contributed by atoms with Crippen LogP contribution in [0.4, 0.5) is 14.9 Å². The summed E-state index contributed by atoms with van der Waals surface area (Å²) in [6.07, 6.45) is 6.46. The van der Waals surface area contributed by atoms with E-state index in [1.165, 1.54) is 23.2 Å². The molecule has 0 fully saturated rings. The number of hydrogen-bond donors (Lipinski definition) is 1. The van der Waals surface area contributed by atoms with Crippen LogP contribution in [-0.4, -0.2) is 22.5 Å². The fourth-order valence-electron chi connectivity index (χ4n) is 2.44. The molecule has 0 saturated carbocycles. The number of urea groups is 1. The Balaban J connectivity index is 1.80. The first-order chi connectivity index (χ1) is 13.7. The third kappa shape index (κ3) is 4.91. The highest BCUT2D eigenvalue weighted by Crippen LogP contribution is 2.24. The highest BCUT2D eigenvalue weighted by Gasteiger charge is 2.16. The number of amides is 2. The quantitative estimate of drug-likeness (QED) is 0.622. The van der Waals surface area contributed by atoms with E-state index < -0.39 is 5.82 Å². The monoisotopic (exact) mass is 378 g/mol. The number of rotatable bonds is 7. The zero-order chi connectivity index (χ0) is 19.8. The molecule has 0 aliphatic rings. The number of nitrogens with one attached hydrogen (secondary N) is 1. The minimum atomic E-state index is -0.476. The van der Waals surface area contributed by atoms with Crippen LogP contribution in [0.15, 0.2) is 79.8 Å². The predicted octanol–water partition coefficient (Wildman–Crippen LogP) is 4.31. The summed E-state index contributed by atoms with van der Waals surface area (Å²) in [5.41, 5.74) is 1.43. The van der Waals surface area contributed by atoms with Gasteiger partial charge >= 0.3 is 6.03 Å². The lowest BCUT2D eigenvalue weighted by atomic mass is 10.2. The van der Waals surface area contributed by atoms with Crippen molar-refractivity contribution in [2.45, 2.75) is 6.54 Å². The number of pyridine rings is 2. The Morgan fingerprint density at radius 2 is 2.04 bits per heavy atom. The van der Waals surface area contributed by atoms with Gasteiger partial charge in [-0.3, -0.25) is 9.88 Å². The molecular formula is C21H19FN4O2. The molecule has 3 rings (SSSR count). The standard InChI is InChI=1S/C21H19FN4O2/c1-2-11-24-21(27)26(15-16-6-5-12-23-13-16)17-9-10-20(25-14-17)28-19-8-4-3-7-18(19)22/h2-10,12-14H,1,11,15H2,(H,24,27). The van der Waals surface area contributed by atoms with E-state index in [2.05, 4.69) is 21.9 Å². The molecule has 0 bridgehead atoms. The Kier molecular flexibility index (Phi) is 6.30. The van der Waals surface area contributed by atoms with Crippen LogP contribution in [0.3, 0.4) is 0 Å². The number of ether oxygens (including phenoxy) is 1. The van der Waals surface area contributed by atoms with Gasteiger partial charge in [-0.15, -0.1) is 6.58 Å². The molecule has 7 heteroatoms. The van der Waals surface area contributed by atoms with Crippen molar-refractivity contribution >= 4 is 11.7 Å². The highest BCUT2D eigenvalue weighted by atomic mass is 19.1. The van der Waals surface area contributed by atoms with Crippen LogP contribution in [0.25, 0.3) is 0 Å². The number of anilines is 1. The van der Waals surface area contributed by atoms with E-state index in [1.54, 1.807) is 48.8 Å². The second-order valence-electron chi connectivity index (χ2n) is 5.81. The Hall–Kier alpha value is -3.74. The van der Waals surface area contributed by atoms with E-state index in [0.717, 1.165) is 5.56 Å². The van der Waals surface area contributed by atoms with Crippen LogP contribution in [0.2, 0.25) is 0 Å². The molecule has 28 heavy (non-hydrogen) atoms. The van der Waals surface area contributed by atoms with Gasteiger partial charge in [0, 0.05) is 25.0 Å². The molecule has 0 atom stereocenters. The third-order valence-electron chi connectivity index (χ3n) is 3.79. The maximum Gasteiger partial charge on any atom is 0.322 e. The molecule has 0 radical (unpaired) electrons. The maximum absolute atomic E-state index is 13.7. The minimum Gasteiger partial charge on any atom is -0.436 e. The van der Waals surface area contributed by atoms with Crippen molar-refractivity contribution in [2.24, 2.45) is 0 Å². The van der Waals surface area contributed by atoms with Crippen LogP contribution in [0.5, 0.6) is 11.6 Å². The summed E-state index contributed by atoms with van der Waals surface area (Å²) < 4.78 is 19.2. The van der Waals surface area contributed by atoms with Gasteiger partial charge in [0.05, 0.1) is 18.4 Å². The molecule has 1 N–H and O–H groups in total. The summed E-state index contributed by atoms with van der Waals surface area (Å²) in [6, 6.07) is 12.7. The number of halogens is 1. The number of para-hydroxylation sites is 1. The number of carbonyl (C=O) groups excluding carboxylic acids is 1. The molecule has 0 aliphatic heterocycles. The normalized spacial score (nSPS) is 10.2. The molecule has 1 aromatic carbocycles. The van der Waals surface area contributed by atoms with E-state index >= 15 is 0 Å². The molecule has 0 aliphatic carbocycles. The molecule has 2 aromatic heterocycles. The fraction of sp³-hybridized carbons (Fsp3) is 0.0952. The number of nitrogens with zero attached hydrogens (tertiary/aromatic N) is 3. The third-order valence-corrected chi connectivity index (χ3v) is 3.79. The zero-order valence-corrected chi connectivity index (χ0v) is 15.1. The van der Waals surface area contributed by atoms with Crippen LogP contribution >= 0.6 is 0 Å². The number of hydrogen-bond acceptors (Lipinski definition) is 4. The average Bonchev–Trinajstić information content (AvgIpc) is 2.73. The second-order valence-corrected chi connectivity index (χ2v) is 5.81. The van der Waals surface area contributed by atoms with Crippen LogP contribution < -0.4 is 15.0 Å².